The molecule has 0 atom stereocenters. The van der Waals surface area contributed by atoms with E-state index in [0.29, 0.717) is 21.9 Å². The largest absolute Gasteiger partial charge is 0.496 e. The fraction of sp³-hybridized carbons (Fsp3) is 0.143. The van der Waals surface area contributed by atoms with Crippen LogP contribution in [0.1, 0.15) is 0 Å². The van der Waals surface area contributed by atoms with Crippen LogP contribution in [0.2, 0.25) is 5.02 Å². The van der Waals surface area contributed by atoms with Gasteiger partial charge in [0.15, 0.2) is 11.6 Å². The molecule has 0 heterocycles. The minimum Gasteiger partial charge on any atom is -0.496 e. The van der Waals surface area contributed by atoms with E-state index in [1.54, 1.807) is 18.2 Å². The Kier molecular flexibility index (Phi) is 3.90. The van der Waals surface area contributed by atoms with Gasteiger partial charge in [-0.15, -0.1) is 0 Å². The normalized spacial score (nSPS) is 10.4. The van der Waals surface area contributed by atoms with E-state index in [9.17, 15) is 8.78 Å². The van der Waals surface area contributed by atoms with Crippen LogP contribution in [0.5, 0.6) is 11.5 Å². The Morgan fingerprint density at radius 3 is 2.21 bits per heavy atom. The lowest BCUT2D eigenvalue weighted by molar-refractivity contribution is 0.404. The molecule has 5 heteroatoms. The molecule has 0 spiro atoms. The van der Waals surface area contributed by atoms with Crippen LogP contribution in [-0.2, 0) is 0 Å². The smallest absolute Gasteiger partial charge is 0.162 e. The van der Waals surface area contributed by atoms with E-state index in [1.807, 2.05) is 0 Å². The molecule has 0 N–H and O–H groups in total. The number of ether oxygens (including phenoxy) is 2. The summed E-state index contributed by atoms with van der Waals surface area (Å²) < 4.78 is 36.9. The average molecular weight is 285 g/mol. The minimum atomic E-state index is -0.980. The number of hydrogen-bond donors (Lipinski definition) is 0. The van der Waals surface area contributed by atoms with E-state index in [0.717, 1.165) is 12.1 Å². The van der Waals surface area contributed by atoms with Gasteiger partial charge in [-0.25, -0.2) is 8.78 Å². The molecule has 2 rings (SSSR count). The van der Waals surface area contributed by atoms with Crippen LogP contribution in [0.3, 0.4) is 0 Å². The Labute approximate surface area is 114 Å². The average Bonchev–Trinajstić information content (AvgIpc) is 2.41. The third kappa shape index (κ3) is 2.49. The molecule has 2 aromatic rings. The molecule has 0 unspecified atom stereocenters. The van der Waals surface area contributed by atoms with Crippen molar-refractivity contribution in [1.29, 1.82) is 0 Å². The van der Waals surface area contributed by atoms with Gasteiger partial charge in [-0.3, -0.25) is 0 Å². The first-order chi connectivity index (χ1) is 9.08. The second kappa shape index (κ2) is 5.45. The van der Waals surface area contributed by atoms with E-state index >= 15 is 0 Å². The predicted molar refractivity (Wildman–Crippen MR) is 69.9 cm³/mol. The van der Waals surface area contributed by atoms with E-state index in [2.05, 4.69) is 0 Å². The molecule has 0 amide bonds. The molecule has 100 valence electrons. The zero-order valence-electron chi connectivity index (χ0n) is 10.3. The maximum atomic E-state index is 13.4. The first kappa shape index (κ1) is 13.6. The van der Waals surface area contributed by atoms with Gasteiger partial charge < -0.3 is 9.47 Å². The Hall–Kier alpha value is -1.81. The Morgan fingerprint density at radius 1 is 0.947 bits per heavy atom. The molecular weight excluding hydrogens is 274 g/mol. The second-order valence-electron chi connectivity index (χ2n) is 3.78. The molecule has 0 radical (unpaired) electrons. The lowest BCUT2D eigenvalue weighted by atomic mass is 10.0. The number of benzene rings is 2. The van der Waals surface area contributed by atoms with E-state index in [1.165, 1.54) is 14.2 Å². The fourth-order valence-electron chi connectivity index (χ4n) is 1.83. The van der Waals surface area contributed by atoms with Gasteiger partial charge in [0, 0.05) is 17.2 Å². The van der Waals surface area contributed by atoms with Crippen LogP contribution >= 0.6 is 11.6 Å². The lowest BCUT2D eigenvalue weighted by Crippen LogP contribution is -1.95. The predicted octanol–water partition coefficient (Wildman–Crippen LogP) is 4.30. The van der Waals surface area contributed by atoms with Gasteiger partial charge in [-0.2, -0.15) is 0 Å². The van der Waals surface area contributed by atoms with Crippen LogP contribution < -0.4 is 9.47 Å². The number of hydrogen-bond acceptors (Lipinski definition) is 2. The zero-order valence-corrected chi connectivity index (χ0v) is 11.1. The molecule has 0 bridgehead atoms. The molecule has 0 aliphatic heterocycles. The van der Waals surface area contributed by atoms with Crippen molar-refractivity contribution in [1.82, 2.24) is 0 Å². The van der Waals surface area contributed by atoms with E-state index in [-0.39, 0.29) is 5.75 Å². The highest BCUT2D eigenvalue weighted by molar-refractivity contribution is 6.33. The molecule has 19 heavy (non-hydrogen) atoms. The summed E-state index contributed by atoms with van der Waals surface area (Å²) in [7, 11) is 2.85. The minimum absolute atomic E-state index is 0.185. The van der Waals surface area contributed by atoms with Gasteiger partial charge in [0.1, 0.15) is 11.5 Å². The molecular formula is C14H11ClF2O2. The molecule has 2 aromatic carbocycles. The standard InChI is InChI=1S/C14H11ClF2O2/c1-18-12-5-3-4-9(15)14(12)8-6-10(16)11(17)7-13(8)19-2/h3-7H,1-2H3. The van der Waals surface area contributed by atoms with Crippen molar-refractivity contribution in [3.05, 3.63) is 47.0 Å². The van der Waals surface area contributed by atoms with Gasteiger partial charge >= 0.3 is 0 Å². The Morgan fingerprint density at radius 2 is 1.58 bits per heavy atom. The molecule has 0 fully saturated rings. The molecule has 2 nitrogen and oxygen atoms in total. The van der Waals surface area contributed by atoms with Crippen LogP contribution in [-0.4, -0.2) is 14.2 Å². The van der Waals surface area contributed by atoms with Gasteiger partial charge in [0.05, 0.1) is 19.2 Å². The molecule has 0 aliphatic rings. The summed E-state index contributed by atoms with van der Waals surface area (Å²) >= 11 is 6.11. The summed E-state index contributed by atoms with van der Waals surface area (Å²) in [6.07, 6.45) is 0. The van der Waals surface area contributed by atoms with E-state index in [4.69, 9.17) is 21.1 Å². The van der Waals surface area contributed by atoms with Gasteiger partial charge in [0.2, 0.25) is 0 Å². The summed E-state index contributed by atoms with van der Waals surface area (Å²) in [5, 5.41) is 0.364. The topological polar surface area (TPSA) is 18.5 Å². The highest BCUT2D eigenvalue weighted by atomic mass is 35.5. The third-order valence-electron chi connectivity index (χ3n) is 2.71. The summed E-state index contributed by atoms with van der Waals surface area (Å²) in [6.45, 7) is 0. The number of methoxy groups -OCH3 is 2. The number of rotatable bonds is 3. The SMILES string of the molecule is COc1cc(F)c(F)cc1-c1c(Cl)cccc1OC. The summed E-state index contributed by atoms with van der Waals surface area (Å²) in [4.78, 5) is 0. The van der Waals surface area contributed by atoms with Crippen molar-refractivity contribution in [3.8, 4) is 22.6 Å². The molecule has 0 saturated carbocycles. The maximum absolute atomic E-state index is 13.4. The third-order valence-corrected chi connectivity index (χ3v) is 3.02. The van der Waals surface area contributed by atoms with Crippen molar-refractivity contribution in [2.24, 2.45) is 0 Å². The zero-order chi connectivity index (χ0) is 14.0. The Bertz CT molecular complexity index is 615. The van der Waals surface area contributed by atoms with Crippen molar-refractivity contribution in [3.63, 3.8) is 0 Å². The number of halogens is 3. The van der Waals surface area contributed by atoms with Crippen molar-refractivity contribution in [2.75, 3.05) is 14.2 Å². The van der Waals surface area contributed by atoms with Crippen LogP contribution in [0.25, 0.3) is 11.1 Å². The van der Waals surface area contributed by atoms with Crippen molar-refractivity contribution >= 4 is 11.6 Å². The van der Waals surface area contributed by atoms with Gasteiger partial charge in [-0.05, 0) is 18.2 Å². The highest BCUT2D eigenvalue weighted by Gasteiger charge is 2.18. The quantitative estimate of drug-likeness (QED) is 0.836. The lowest BCUT2D eigenvalue weighted by Gasteiger charge is -2.14. The molecule has 0 saturated heterocycles. The fourth-order valence-corrected chi connectivity index (χ4v) is 2.10. The van der Waals surface area contributed by atoms with Crippen LogP contribution in [0, 0.1) is 11.6 Å². The monoisotopic (exact) mass is 284 g/mol. The first-order valence-electron chi connectivity index (χ1n) is 5.44. The van der Waals surface area contributed by atoms with E-state index < -0.39 is 11.6 Å². The van der Waals surface area contributed by atoms with Crippen LogP contribution in [0.4, 0.5) is 8.78 Å². The first-order valence-corrected chi connectivity index (χ1v) is 5.82. The summed E-state index contributed by atoms with van der Waals surface area (Å²) in [5.41, 5.74) is 0.797. The molecule has 0 aromatic heterocycles. The van der Waals surface area contributed by atoms with Gasteiger partial charge in [-0.1, -0.05) is 17.7 Å². The van der Waals surface area contributed by atoms with Crippen molar-refractivity contribution < 1.29 is 18.3 Å². The Balaban J connectivity index is 2.74. The van der Waals surface area contributed by atoms with Crippen molar-refractivity contribution in [2.45, 2.75) is 0 Å². The summed E-state index contributed by atoms with van der Waals surface area (Å²) in [5.74, 6) is -1.31. The highest BCUT2D eigenvalue weighted by Crippen LogP contribution is 2.41. The molecule has 0 aliphatic carbocycles. The summed E-state index contributed by atoms with van der Waals surface area (Å²) in [6, 6.07) is 7.05. The van der Waals surface area contributed by atoms with Gasteiger partial charge in [0.25, 0.3) is 0 Å². The second-order valence-corrected chi connectivity index (χ2v) is 4.19. The van der Waals surface area contributed by atoms with Crippen LogP contribution in [0.15, 0.2) is 30.3 Å². The maximum Gasteiger partial charge on any atom is 0.162 e.